The lowest BCUT2D eigenvalue weighted by Crippen LogP contribution is -1.97. The summed E-state index contributed by atoms with van der Waals surface area (Å²) >= 11 is 12.2. The van der Waals surface area contributed by atoms with Crippen LogP contribution in [0.4, 0.5) is 11.4 Å². The van der Waals surface area contributed by atoms with Crippen molar-refractivity contribution >= 4 is 34.6 Å². The summed E-state index contributed by atoms with van der Waals surface area (Å²) in [5.74, 6) is 0. The number of anilines is 2. The van der Waals surface area contributed by atoms with Gasteiger partial charge in [-0.15, -0.1) is 0 Å². The van der Waals surface area contributed by atoms with Crippen molar-refractivity contribution < 1.29 is 0 Å². The Hall–Kier alpha value is -1.38. The lowest BCUT2D eigenvalue weighted by molar-refractivity contribution is 1.17. The number of nitrogen functional groups attached to an aromatic ring is 2. The second kappa shape index (κ2) is 5.32. The van der Waals surface area contributed by atoms with E-state index >= 15 is 0 Å². The molecule has 0 saturated carbocycles. The van der Waals surface area contributed by atoms with E-state index in [1.165, 1.54) is 0 Å². The molecule has 0 amide bonds. The van der Waals surface area contributed by atoms with Crippen LogP contribution < -0.4 is 11.5 Å². The van der Waals surface area contributed by atoms with Crippen molar-refractivity contribution in [3.05, 3.63) is 56.6 Å². The molecule has 2 aromatic carbocycles. The topological polar surface area (TPSA) is 52.0 Å². The Morgan fingerprint density at radius 1 is 0.789 bits per heavy atom. The highest BCUT2D eigenvalue weighted by Gasteiger charge is 2.07. The first-order valence-corrected chi connectivity index (χ1v) is 6.73. The van der Waals surface area contributed by atoms with Crippen LogP contribution in [0.2, 0.25) is 10.0 Å². The Balaban J connectivity index is 2.36. The van der Waals surface area contributed by atoms with Gasteiger partial charge >= 0.3 is 0 Å². The molecule has 0 aliphatic carbocycles. The summed E-state index contributed by atoms with van der Waals surface area (Å²) in [6, 6.07) is 7.87. The minimum Gasteiger partial charge on any atom is -0.397 e. The van der Waals surface area contributed by atoms with Crippen LogP contribution >= 0.6 is 23.2 Å². The number of rotatable bonds is 2. The minimum atomic E-state index is 0.591. The molecule has 0 aliphatic rings. The molecular weight excluding hydrogens is 279 g/mol. The Morgan fingerprint density at radius 2 is 1.16 bits per heavy atom. The van der Waals surface area contributed by atoms with E-state index in [4.69, 9.17) is 34.7 Å². The van der Waals surface area contributed by atoms with Crippen molar-refractivity contribution in [3.8, 4) is 0 Å². The molecule has 0 unspecified atom stereocenters. The molecule has 0 saturated heterocycles. The van der Waals surface area contributed by atoms with Gasteiger partial charge in [0.2, 0.25) is 0 Å². The summed E-state index contributed by atoms with van der Waals surface area (Å²) < 4.78 is 0. The average molecular weight is 295 g/mol. The number of benzene rings is 2. The van der Waals surface area contributed by atoms with Gasteiger partial charge in [0.1, 0.15) is 0 Å². The van der Waals surface area contributed by atoms with Crippen molar-refractivity contribution in [3.63, 3.8) is 0 Å². The maximum atomic E-state index is 6.10. The molecule has 0 radical (unpaired) electrons. The molecule has 0 atom stereocenters. The Morgan fingerprint density at radius 3 is 1.47 bits per heavy atom. The zero-order chi connectivity index (χ0) is 14.2. The number of nitrogens with two attached hydrogens (primary N) is 2. The fraction of sp³-hybridized carbons (Fsp3) is 0.200. The molecule has 0 spiro atoms. The van der Waals surface area contributed by atoms with Crippen molar-refractivity contribution in [1.82, 2.24) is 0 Å². The van der Waals surface area contributed by atoms with Gasteiger partial charge in [-0.05, 0) is 54.7 Å². The third kappa shape index (κ3) is 2.96. The molecule has 0 fully saturated rings. The molecule has 0 heterocycles. The molecule has 2 rings (SSSR count). The van der Waals surface area contributed by atoms with Crippen molar-refractivity contribution in [1.29, 1.82) is 0 Å². The molecule has 0 aliphatic heterocycles. The largest absolute Gasteiger partial charge is 0.397 e. The SMILES string of the molecule is Cc1cc(Cc2cc(C)c(N)c(Cl)c2)cc(Cl)c1N. The van der Waals surface area contributed by atoms with Gasteiger partial charge in [0.05, 0.1) is 21.4 Å². The van der Waals surface area contributed by atoms with E-state index in [2.05, 4.69) is 0 Å². The van der Waals surface area contributed by atoms with Crippen molar-refractivity contribution in [2.75, 3.05) is 11.5 Å². The van der Waals surface area contributed by atoms with Crippen LogP contribution in [0.25, 0.3) is 0 Å². The third-order valence-corrected chi connectivity index (χ3v) is 3.83. The number of hydrogen-bond donors (Lipinski definition) is 2. The smallest absolute Gasteiger partial charge is 0.0641 e. The van der Waals surface area contributed by atoms with Gasteiger partial charge in [-0.25, -0.2) is 0 Å². The molecule has 2 nitrogen and oxygen atoms in total. The molecule has 0 bridgehead atoms. The third-order valence-electron chi connectivity index (χ3n) is 3.20. The first-order valence-electron chi connectivity index (χ1n) is 5.97. The second-order valence-electron chi connectivity index (χ2n) is 4.79. The van der Waals surface area contributed by atoms with Crippen LogP contribution in [0, 0.1) is 13.8 Å². The van der Waals surface area contributed by atoms with E-state index in [-0.39, 0.29) is 0 Å². The van der Waals surface area contributed by atoms with Gasteiger partial charge in [-0.3, -0.25) is 0 Å². The van der Waals surface area contributed by atoms with Crippen LogP contribution in [-0.4, -0.2) is 0 Å². The molecular formula is C15H16Cl2N2. The standard InChI is InChI=1S/C15H16Cl2N2/c1-8-3-10(6-12(16)14(8)18)5-11-4-9(2)15(19)13(17)7-11/h3-4,6-7H,5,18-19H2,1-2H3. The van der Waals surface area contributed by atoms with E-state index in [1.807, 2.05) is 38.1 Å². The van der Waals surface area contributed by atoms with Crippen LogP contribution in [0.3, 0.4) is 0 Å². The summed E-state index contributed by atoms with van der Waals surface area (Å²) in [5, 5.41) is 1.18. The molecule has 19 heavy (non-hydrogen) atoms. The number of halogens is 2. The zero-order valence-corrected chi connectivity index (χ0v) is 12.4. The number of aryl methyl sites for hydroxylation is 2. The first kappa shape index (κ1) is 14.0. The van der Waals surface area contributed by atoms with Crippen molar-refractivity contribution in [2.24, 2.45) is 0 Å². The summed E-state index contributed by atoms with van der Waals surface area (Å²) in [6.45, 7) is 3.90. The maximum Gasteiger partial charge on any atom is 0.0641 e. The van der Waals surface area contributed by atoms with Crippen molar-refractivity contribution in [2.45, 2.75) is 20.3 Å². The summed E-state index contributed by atoms with van der Waals surface area (Å²) in [7, 11) is 0. The minimum absolute atomic E-state index is 0.591. The monoisotopic (exact) mass is 294 g/mol. The highest BCUT2D eigenvalue weighted by atomic mass is 35.5. The predicted molar refractivity (Wildman–Crippen MR) is 84.0 cm³/mol. The van der Waals surface area contributed by atoms with E-state index < -0.39 is 0 Å². The first-order chi connectivity index (χ1) is 8.88. The summed E-state index contributed by atoms with van der Waals surface area (Å²) in [6.07, 6.45) is 0.752. The van der Waals surface area contributed by atoms with Gasteiger partial charge < -0.3 is 11.5 Å². The molecule has 100 valence electrons. The van der Waals surface area contributed by atoms with Gasteiger partial charge in [-0.2, -0.15) is 0 Å². The highest BCUT2D eigenvalue weighted by Crippen LogP contribution is 2.28. The molecule has 2 aromatic rings. The lowest BCUT2D eigenvalue weighted by atomic mass is 10.0. The molecule has 0 aromatic heterocycles. The number of hydrogen-bond acceptors (Lipinski definition) is 2. The van der Waals surface area contributed by atoms with Gasteiger partial charge in [0, 0.05) is 0 Å². The quantitative estimate of drug-likeness (QED) is 0.808. The summed E-state index contributed by atoms with van der Waals surface area (Å²) in [5.41, 5.74) is 17.1. The van der Waals surface area contributed by atoms with Crippen LogP contribution in [0.5, 0.6) is 0 Å². The molecule has 4 heteroatoms. The fourth-order valence-corrected chi connectivity index (χ4v) is 2.67. The Kier molecular flexibility index (Phi) is 3.93. The van der Waals surface area contributed by atoms with Gasteiger partial charge in [-0.1, -0.05) is 35.3 Å². The Labute approximate surface area is 123 Å². The Bertz CT molecular complexity index is 535. The normalized spacial score (nSPS) is 10.7. The average Bonchev–Trinajstić information content (AvgIpc) is 2.33. The van der Waals surface area contributed by atoms with E-state index in [1.54, 1.807) is 0 Å². The highest BCUT2D eigenvalue weighted by molar-refractivity contribution is 6.33. The van der Waals surface area contributed by atoms with Crippen LogP contribution in [-0.2, 0) is 6.42 Å². The predicted octanol–water partition coefficient (Wildman–Crippen LogP) is 4.37. The summed E-state index contributed by atoms with van der Waals surface area (Å²) in [4.78, 5) is 0. The van der Waals surface area contributed by atoms with Gasteiger partial charge in [0.15, 0.2) is 0 Å². The molecule has 4 N–H and O–H groups in total. The van der Waals surface area contributed by atoms with E-state index in [0.717, 1.165) is 28.7 Å². The lowest BCUT2D eigenvalue weighted by Gasteiger charge is -2.10. The van der Waals surface area contributed by atoms with Crippen LogP contribution in [0.15, 0.2) is 24.3 Å². The second-order valence-corrected chi connectivity index (χ2v) is 5.61. The maximum absolute atomic E-state index is 6.10. The van der Waals surface area contributed by atoms with Crippen LogP contribution in [0.1, 0.15) is 22.3 Å². The van der Waals surface area contributed by atoms with E-state index in [9.17, 15) is 0 Å². The fourth-order valence-electron chi connectivity index (χ4n) is 2.09. The van der Waals surface area contributed by atoms with E-state index in [0.29, 0.717) is 21.4 Å². The van der Waals surface area contributed by atoms with Gasteiger partial charge in [0.25, 0.3) is 0 Å². The zero-order valence-electron chi connectivity index (χ0n) is 10.9.